The maximum atomic E-state index is 12.4. The van der Waals surface area contributed by atoms with Crippen molar-refractivity contribution in [1.29, 1.82) is 5.41 Å². The monoisotopic (exact) mass is 481 g/mol. The van der Waals surface area contributed by atoms with E-state index in [0.29, 0.717) is 0 Å². The lowest BCUT2D eigenvalue weighted by atomic mass is 10.1. The number of carbonyl (C=O) groups excluding carboxylic acids is 4. The number of guanidine groups is 1. The number of carbonyl (C=O) groups is 4. The Labute approximate surface area is 195 Å². The average Bonchev–Trinajstić information content (AvgIpc) is 2.80. The van der Waals surface area contributed by atoms with E-state index < -0.39 is 39.8 Å². The summed E-state index contributed by atoms with van der Waals surface area (Å²) in [4.78, 5) is 49.6. The van der Waals surface area contributed by atoms with E-state index >= 15 is 0 Å². The number of hydrogen-bond donors (Lipinski definition) is 5. The molecule has 0 aliphatic carbocycles. The molecule has 0 heterocycles. The van der Waals surface area contributed by atoms with Gasteiger partial charge in [-0.25, -0.2) is 21.7 Å². The molecule has 0 radical (unpaired) electrons. The minimum atomic E-state index is -1.53. The lowest BCUT2D eigenvalue weighted by Gasteiger charge is -2.26. The molecule has 0 bridgehead atoms. The van der Waals surface area contributed by atoms with Gasteiger partial charge in [0.15, 0.2) is 11.6 Å². The second-order valence-electron chi connectivity index (χ2n) is 6.01. The molecule has 2 aromatic carbocycles. The van der Waals surface area contributed by atoms with Crippen LogP contribution in [0.3, 0.4) is 0 Å². The first kappa shape index (κ1) is 26.3. The van der Waals surface area contributed by atoms with Crippen molar-refractivity contribution in [2.45, 2.75) is 10.5 Å². The fourth-order valence-electron chi connectivity index (χ4n) is 2.33. The predicted octanol–water partition coefficient (Wildman–Crippen LogP) is 1.11. The first-order chi connectivity index (χ1) is 14.2. The molecule has 0 aromatic heterocycles. The topological polar surface area (TPSA) is 151 Å². The maximum absolute atomic E-state index is 12.4. The van der Waals surface area contributed by atoms with Gasteiger partial charge in [-0.05, 0) is 0 Å². The lowest BCUT2D eigenvalue weighted by molar-refractivity contribution is -0.129. The molecular formula is C19H20ClN5O4S2. The first-order valence-electron chi connectivity index (χ1n) is 8.47. The number of hydrazine groups is 2. The van der Waals surface area contributed by atoms with E-state index in [1.165, 1.54) is 24.3 Å². The van der Waals surface area contributed by atoms with Crippen LogP contribution in [0.4, 0.5) is 0 Å². The largest absolute Gasteiger partial charge is 0.292 e. The fraction of sp³-hybridized carbons (Fsp3) is 0.105. The summed E-state index contributed by atoms with van der Waals surface area (Å²) in [6.45, 7) is 0. The standard InChI is InChI=1S/C19H19N5O4S2.ClH/c20-19(23(21)17(27)15(29)13(25)11-7-3-1-4-8-11)24(22)18(28)16(30)14(26)12-9-5-2-6-10-12;/h1-10,15-16,20,29-30H,21-22H2;1H/t15-,16-;/m0./s1. The molecule has 0 aliphatic heterocycles. The van der Waals surface area contributed by atoms with Crippen LogP contribution in [-0.4, -0.2) is 49.9 Å². The highest BCUT2D eigenvalue weighted by molar-refractivity contribution is 7.83. The summed E-state index contributed by atoms with van der Waals surface area (Å²) in [6.07, 6.45) is 0. The van der Waals surface area contributed by atoms with Crippen molar-refractivity contribution in [3.8, 4) is 0 Å². The van der Waals surface area contributed by atoms with Gasteiger partial charge in [0.25, 0.3) is 11.8 Å². The molecule has 0 saturated heterocycles. The van der Waals surface area contributed by atoms with E-state index in [-0.39, 0.29) is 33.6 Å². The Balaban J connectivity index is 0.00000480. The summed E-state index contributed by atoms with van der Waals surface area (Å²) >= 11 is 7.95. The summed E-state index contributed by atoms with van der Waals surface area (Å²) in [5.74, 6) is 6.76. The molecule has 0 saturated carbocycles. The average molecular weight is 482 g/mol. The number of hydrogen-bond acceptors (Lipinski definition) is 9. The van der Waals surface area contributed by atoms with Gasteiger partial charge in [-0.15, -0.1) is 12.4 Å². The summed E-state index contributed by atoms with van der Waals surface area (Å²) < 4.78 is 0. The van der Waals surface area contributed by atoms with Crippen LogP contribution in [0.15, 0.2) is 60.7 Å². The van der Waals surface area contributed by atoms with Crippen LogP contribution >= 0.6 is 37.7 Å². The van der Waals surface area contributed by atoms with Crippen LogP contribution in [-0.2, 0) is 9.59 Å². The van der Waals surface area contributed by atoms with Gasteiger partial charge < -0.3 is 0 Å². The molecule has 2 rings (SSSR count). The zero-order valence-corrected chi connectivity index (χ0v) is 18.5. The van der Waals surface area contributed by atoms with Crippen molar-refractivity contribution in [2.24, 2.45) is 11.7 Å². The van der Waals surface area contributed by atoms with Crippen molar-refractivity contribution in [1.82, 2.24) is 10.0 Å². The van der Waals surface area contributed by atoms with Gasteiger partial charge in [0.05, 0.1) is 0 Å². The van der Waals surface area contributed by atoms with E-state index in [1.807, 2.05) is 0 Å². The highest BCUT2D eigenvalue weighted by atomic mass is 35.5. The zero-order valence-electron chi connectivity index (χ0n) is 15.9. The molecule has 2 amide bonds. The van der Waals surface area contributed by atoms with Gasteiger partial charge >= 0.3 is 0 Å². The van der Waals surface area contributed by atoms with Gasteiger partial charge in [0, 0.05) is 11.1 Å². The molecule has 2 atom stereocenters. The summed E-state index contributed by atoms with van der Waals surface area (Å²) in [5, 5.41) is 5.28. The highest BCUT2D eigenvalue weighted by Crippen LogP contribution is 2.13. The summed E-state index contributed by atoms with van der Waals surface area (Å²) in [7, 11) is 0. The lowest BCUT2D eigenvalue weighted by Crippen LogP contribution is -2.59. The van der Waals surface area contributed by atoms with Crippen molar-refractivity contribution in [3.63, 3.8) is 0 Å². The molecule has 164 valence electrons. The minimum absolute atomic E-state index is 0. The summed E-state index contributed by atoms with van der Waals surface area (Å²) in [6, 6.07) is 15.8. The van der Waals surface area contributed by atoms with Gasteiger partial charge in [0.1, 0.15) is 10.5 Å². The van der Waals surface area contributed by atoms with E-state index in [1.54, 1.807) is 36.4 Å². The highest BCUT2D eigenvalue weighted by Gasteiger charge is 2.34. The van der Waals surface area contributed by atoms with Crippen molar-refractivity contribution in [2.75, 3.05) is 0 Å². The molecule has 0 aliphatic rings. The predicted molar refractivity (Wildman–Crippen MR) is 124 cm³/mol. The maximum Gasteiger partial charge on any atom is 0.264 e. The number of ketones is 2. The van der Waals surface area contributed by atoms with Crippen LogP contribution in [0.5, 0.6) is 0 Å². The zero-order chi connectivity index (χ0) is 22.4. The number of nitrogens with zero attached hydrogens (tertiary/aromatic N) is 2. The van der Waals surface area contributed by atoms with E-state index in [2.05, 4.69) is 25.3 Å². The van der Waals surface area contributed by atoms with Crippen LogP contribution in [0.2, 0.25) is 0 Å². The molecule has 5 N–H and O–H groups in total. The third-order valence-electron chi connectivity index (χ3n) is 4.01. The molecule has 31 heavy (non-hydrogen) atoms. The van der Waals surface area contributed by atoms with Gasteiger partial charge in [0.2, 0.25) is 5.96 Å². The van der Waals surface area contributed by atoms with E-state index in [0.717, 1.165) is 0 Å². The van der Waals surface area contributed by atoms with Crippen molar-refractivity contribution < 1.29 is 19.2 Å². The van der Waals surface area contributed by atoms with Crippen LogP contribution in [0.1, 0.15) is 20.7 Å². The number of thiol groups is 2. The molecule has 0 unspecified atom stereocenters. The number of nitrogens with two attached hydrogens (primary N) is 2. The van der Waals surface area contributed by atoms with E-state index in [9.17, 15) is 19.2 Å². The van der Waals surface area contributed by atoms with Crippen LogP contribution in [0, 0.1) is 5.41 Å². The Bertz CT molecular complexity index is 900. The third-order valence-corrected chi connectivity index (χ3v) is 4.92. The second-order valence-corrected chi connectivity index (χ2v) is 7.04. The number of rotatable bonds is 6. The van der Waals surface area contributed by atoms with Gasteiger partial charge in [-0.1, -0.05) is 60.7 Å². The smallest absolute Gasteiger partial charge is 0.264 e. The van der Waals surface area contributed by atoms with Crippen molar-refractivity contribution >= 4 is 67.0 Å². The quantitative estimate of drug-likeness (QED) is 0.0609. The molecular weight excluding hydrogens is 462 g/mol. The van der Waals surface area contributed by atoms with Crippen molar-refractivity contribution in [3.05, 3.63) is 71.8 Å². The molecule has 0 fully saturated rings. The molecule has 9 nitrogen and oxygen atoms in total. The van der Waals surface area contributed by atoms with E-state index in [4.69, 9.17) is 17.1 Å². The number of Topliss-reactive ketones (excluding diaryl/α,β-unsaturated/α-hetero) is 2. The summed E-state index contributed by atoms with van der Waals surface area (Å²) in [5.41, 5.74) is 0.436. The number of amides is 2. The van der Waals surface area contributed by atoms with Gasteiger partial charge in [-0.3, -0.25) is 24.6 Å². The Morgan fingerprint density at radius 1 is 0.710 bits per heavy atom. The minimum Gasteiger partial charge on any atom is -0.292 e. The Hall–Kier alpha value is -2.70. The fourth-order valence-corrected chi connectivity index (χ4v) is 2.88. The SMILES string of the molecule is Cl.N=C(N(N)C(=O)[C@@H](S)C(=O)c1ccccc1)N(N)C(=O)[C@@H](S)C(=O)c1ccccc1. The Kier molecular flexibility index (Phi) is 9.88. The number of halogens is 1. The normalized spacial score (nSPS) is 12.0. The molecule has 2 aromatic rings. The Morgan fingerprint density at radius 2 is 1.00 bits per heavy atom. The third kappa shape index (κ3) is 6.15. The van der Waals surface area contributed by atoms with Crippen LogP contribution in [0.25, 0.3) is 0 Å². The number of benzene rings is 2. The van der Waals surface area contributed by atoms with Crippen LogP contribution < -0.4 is 11.7 Å². The molecule has 12 heteroatoms. The molecule has 0 spiro atoms. The number of nitrogens with one attached hydrogen (secondary N) is 1. The van der Waals surface area contributed by atoms with Gasteiger partial charge in [-0.2, -0.15) is 25.3 Å². The first-order valence-corrected chi connectivity index (χ1v) is 9.50. The Morgan fingerprint density at radius 3 is 1.29 bits per heavy atom. The second kappa shape index (κ2) is 11.6.